The molecule has 1 unspecified atom stereocenters. The van der Waals surface area contributed by atoms with Crippen molar-refractivity contribution in [3.63, 3.8) is 0 Å². The van der Waals surface area contributed by atoms with Crippen LogP contribution in [0.15, 0.2) is 42.5 Å². The number of carbonyl (C=O) groups is 3. The van der Waals surface area contributed by atoms with Gasteiger partial charge < -0.3 is 10.1 Å². The van der Waals surface area contributed by atoms with Crippen LogP contribution in [0.1, 0.15) is 85.4 Å². The Hall–Kier alpha value is -5.83. The number of amides is 2. The minimum Gasteiger partial charge on any atom is -0.469 e. The van der Waals surface area contributed by atoms with Gasteiger partial charge in [-0.15, -0.1) is 0 Å². The fourth-order valence-corrected chi connectivity index (χ4v) is 10.3. The van der Waals surface area contributed by atoms with Gasteiger partial charge in [-0.25, -0.2) is 25.6 Å². The summed E-state index contributed by atoms with van der Waals surface area (Å²) in [5, 5.41) is 8.71. The normalized spacial score (nSPS) is 17.1. The van der Waals surface area contributed by atoms with Crippen LogP contribution in [0.25, 0.3) is 22.0 Å². The summed E-state index contributed by atoms with van der Waals surface area (Å²) in [5.74, 6) is -13.3. The first-order valence-corrected chi connectivity index (χ1v) is 25.6. The van der Waals surface area contributed by atoms with Crippen LogP contribution in [0.3, 0.4) is 0 Å². The second-order valence-corrected chi connectivity index (χ2v) is 23.0. The lowest BCUT2D eigenvalue weighted by Crippen LogP contribution is -2.37. The Morgan fingerprint density at radius 3 is 2.15 bits per heavy atom. The largest absolute Gasteiger partial charge is 0.469 e. The van der Waals surface area contributed by atoms with Gasteiger partial charge in [-0.3, -0.25) is 28.7 Å². The number of fused-ring (bicyclic) bond motifs is 4. The molecule has 3 heterocycles. The maximum atomic E-state index is 15.6. The van der Waals surface area contributed by atoms with Crippen molar-refractivity contribution in [2.45, 2.75) is 100 Å². The summed E-state index contributed by atoms with van der Waals surface area (Å²) >= 11 is 6.62. The molecule has 5 aromatic rings. The van der Waals surface area contributed by atoms with Crippen LogP contribution in [0.4, 0.5) is 49.7 Å². The van der Waals surface area contributed by atoms with Crippen molar-refractivity contribution >= 4 is 66.0 Å². The summed E-state index contributed by atoms with van der Waals surface area (Å²) in [6.07, 6.45) is -11.6. The van der Waals surface area contributed by atoms with Gasteiger partial charge in [-0.2, -0.15) is 49.6 Å². The fourth-order valence-electron chi connectivity index (χ4n) is 8.69. The van der Waals surface area contributed by atoms with Crippen molar-refractivity contribution < 1.29 is 79.9 Å². The number of aromatic nitrogens is 5. The molecule has 72 heavy (non-hydrogen) atoms. The third-order valence-electron chi connectivity index (χ3n) is 12.5. The van der Waals surface area contributed by atoms with Crippen LogP contribution < -0.4 is 9.62 Å². The molecule has 2 amide bonds. The van der Waals surface area contributed by atoms with Gasteiger partial charge in [-0.05, 0) is 75.3 Å². The van der Waals surface area contributed by atoms with Crippen molar-refractivity contribution in [3.8, 4) is 11.1 Å². The number of esters is 1. The molecule has 1 N–H and O–H groups in total. The molecule has 2 aromatic carbocycles. The van der Waals surface area contributed by atoms with Gasteiger partial charge >= 0.3 is 18.3 Å². The SMILES string of the molecule is COC(=O)CCC(=O)N(c1nn(CC(F)(F)F)c2c(-c3ccc(CCC(C)(C)S(C)(=O)=O)nc3[C@H](Cc3cc(F)cc(F)c3)NC(=O)Cn3nc(C(F)(F)F)c4c3C(F)(F)C3C[C@H]43)ccc(Cl)c12)S(C)(=O)=O. The second kappa shape index (κ2) is 18.9. The van der Waals surface area contributed by atoms with E-state index in [0.717, 1.165) is 37.6 Å². The molecule has 15 nitrogen and oxygen atoms in total. The van der Waals surface area contributed by atoms with Crippen LogP contribution in [0.2, 0.25) is 5.02 Å². The van der Waals surface area contributed by atoms with Crippen molar-refractivity contribution in [2.24, 2.45) is 5.92 Å². The molecule has 1 saturated carbocycles. The Kier molecular flexibility index (Phi) is 14.2. The number of rotatable bonds is 17. The number of alkyl halides is 8. The summed E-state index contributed by atoms with van der Waals surface area (Å²) in [6, 6.07) is 5.15. The third kappa shape index (κ3) is 10.9. The number of anilines is 1. The lowest BCUT2D eigenvalue weighted by Gasteiger charge is -2.25. The molecule has 3 aromatic heterocycles. The zero-order valence-corrected chi connectivity index (χ0v) is 40.7. The molecule has 0 aliphatic heterocycles. The molecule has 0 saturated heterocycles. The molecule has 0 bridgehead atoms. The molecule has 3 atom stereocenters. The van der Waals surface area contributed by atoms with E-state index >= 15 is 8.78 Å². The highest BCUT2D eigenvalue weighted by molar-refractivity contribution is 7.93. The van der Waals surface area contributed by atoms with Crippen LogP contribution in [0, 0.1) is 17.6 Å². The Labute approximate surface area is 408 Å². The number of sulfone groups is 1. The van der Waals surface area contributed by atoms with Crippen LogP contribution >= 0.6 is 11.6 Å². The number of nitrogens with one attached hydrogen (secondary N) is 1. The van der Waals surface area contributed by atoms with Crippen LogP contribution in [-0.2, 0) is 77.0 Å². The predicted molar refractivity (Wildman–Crippen MR) is 238 cm³/mol. The number of methoxy groups -OCH3 is 1. The highest BCUT2D eigenvalue weighted by Gasteiger charge is 2.68. The minimum absolute atomic E-state index is 0.0390. The lowest BCUT2D eigenvalue weighted by molar-refractivity contribution is -0.143. The van der Waals surface area contributed by atoms with Gasteiger partial charge in [0.1, 0.15) is 30.4 Å². The standard InChI is InChI=1S/C44H42ClF10N7O8S2/c1-41(2,71(4,66)67)13-12-24-6-7-25(26-8-9-29(45)35-37(26)61(20-42(48,49)50)59-40(35)62(72(5,68)69)32(64)10-11-33(65)70-3)36(56-24)30(16-21-14-22(46)17-23(47)15-21)57-31(63)19-60-39-34(38(58-60)44(53,54)55)27-18-28(27)43(39,51)52/h6-9,14-15,17,27-28,30H,10-13,16,18-20H2,1-5H3,(H,57,63)/t27-,28?,30-/m0/s1. The lowest BCUT2D eigenvalue weighted by atomic mass is 9.93. The third-order valence-corrected chi connectivity index (χ3v) is 16.0. The average Bonchev–Trinajstić information content (AvgIpc) is 3.76. The van der Waals surface area contributed by atoms with Crippen molar-refractivity contribution in [3.05, 3.63) is 93.0 Å². The van der Waals surface area contributed by atoms with E-state index in [0.29, 0.717) is 12.3 Å². The molecule has 2 aliphatic carbocycles. The van der Waals surface area contributed by atoms with Crippen LogP contribution in [0.5, 0.6) is 0 Å². The molecule has 1 fully saturated rings. The van der Waals surface area contributed by atoms with E-state index < -0.39 is 161 Å². The number of sulfonamides is 1. The van der Waals surface area contributed by atoms with E-state index in [9.17, 15) is 66.3 Å². The Morgan fingerprint density at radius 2 is 1.57 bits per heavy atom. The van der Waals surface area contributed by atoms with Crippen molar-refractivity contribution in [1.29, 1.82) is 0 Å². The van der Waals surface area contributed by atoms with E-state index in [1.807, 2.05) is 0 Å². The maximum Gasteiger partial charge on any atom is 0.435 e. The molecule has 7 rings (SSSR count). The highest BCUT2D eigenvalue weighted by Crippen LogP contribution is 2.68. The van der Waals surface area contributed by atoms with Gasteiger partial charge in [0.2, 0.25) is 21.8 Å². The number of aryl methyl sites for hydroxylation is 1. The monoisotopic (exact) mass is 1090 g/mol. The predicted octanol–water partition coefficient (Wildman–Crippen LogP) is 8.12. The number of carbonyl (C=O) groups excluding carboxylic acids is 3. The first-order valence-electron chi connectivity index (χ1n) is 21.5. The molecule has 0 radical (unpaired) electrons. The maximum absolute atomic E-state index is 15.6. The van der Waals surface area contributed by atoms with E-state index in [1.165, 1.54) is 26.0 Å². The zero-order valence-electron chi connectivity index (χ0n) is 38.4. The van der Waals surface area contributed by atoms with Crippen LogP contribution in [-0.4, -0.2) is 89.7 Å². The van der Waals surface area contributed by atoms with Gasteiger partial charge in [0.15, 0.2) is 21.3 Å². The summed E-state index contributed by atoms with van der Waals surface area (Å²) in [7, 11) is -7.57. The molecular formula is C44H42ClF10N7O8S2. The number of benzene rings is 2. The Morgan fingerprint density at radius 1 is 0.931 bits per heavy atom. The summed E-state index contributed by atoms with van der Waals surface area (Å²) < 4.78 is 203. The molecule has 390 valence electrons. The second-order valence-electron chi connectivity index (χ2n) is 18.1. The number of ether oxygens (including phenoxy) is 1. The number of pyridine rings is 1. The van der Waals surface area contributed by atoms with E-state index in [-0.39, 0.29) is 61.0 Å². The topological polar surface area (TPSA) is 193 Å². The molecule has 28 heteroatoms. The minimum atomic E-state index is -5.22. The molecule has 0 spiro atoms. The Balaban J connectivity index is 1.46. The zero-order chi connectivity index (χ0) is 53.4. The summed E-state index contributed by atoms with van der Waals surface area (Å²) in [4.78, 5) is 44.4. The van der Waals surface area contributed by atoms with E-state index in [2.05, 4.69) is 25.2 Å². The molecule has 2 aliphatic rings. The average molecular weight is 1090 g/mol. The number of hydrogen-bond acceptors (Lipinski definition) is 11. The van der Waals surface area contributed by atoms with E-state index in [1.54, 1.807) is 0 Å². The molecular weight excluding hydrogens is 1040 g/mol. The smallest absolute Gasteiger partial charge is 0.435 e. The van der Waals surface area contributed by atoms with Gasteiger partial charge in [0.25, 0.3) is 5.92 Å². The number of hydrogen-bond donors (Lipinski definition) is 1. The first kappa shape index (κ1) is 54.0. The van der Waals surface area contributed by atoms with Gasteiger partial charge in [0.05, 0.1) is 52.2 Å². The quantitative estimate of drug-likeness (QED) is 0.0699. The highest BCUT2D eigenvalue weighted by atomic mass is 35.5. The van der Waals surface area contributed by atoms with Crippen molar-refractivity contribution in [1.82, 2.24) is 29.9 Å². The first-order chi connectivity index (χ1) is 33.1. The summed E-state index contributed by atoms with van der Waals surface area (Å²) in [5.41, 5.74) is -5.31. The number of nitrogens with zero attached hydrogens (tertiary/aromatic N) is 6. The van der Waals surface area contributed by atoms with E-state index in [4.69, 9.17) is 11.6 Å². The fraction of sp³-hybridized carbons (Fsp3) is 0.455. The van der Waals surface area contributed by atoms with Crippen molar-refractivity contribution in [2.75, 3.05) is 23.9 Å². The van der Waals surface area contributed by atoms with Gasteiger partial charge in [-0.1, -0.05) is 23.7 Å². The Bertz CT molecular complexity index is 3230. The van der Waals surface area contributed by atoms with Gasteiger partial charge in [0, 0.05) is 47.0 Å². The summed E-state index contributed by atoms with van der Waals surface area (Å²) in [6.45, 7) is -0.453. The number of halogens is 11.